The van der Waals surface area contributed by atoms with Crippen molar-refractivity contribution in [2.24, 2.45) is 0 Å². The van der Waals surface area contributed by atoms with E-state index in [1.165, 1.54) is 0 Å². The van der Waals surface area contributed by atoms with Gasteiger partial charge in [-0.2, -0.15) is 0 Å². The number of hydrogen-bond acceptors (Lipinski definition) is 2. The summed E-state index contributed by atoms with van der Waals surface area (Å²) in [7, 11) is 0. The summed E-state index contributed by atoms with van der Waals surface area (Å²) in [6.07, 6.45) is 2.06. The van der Waals surface area contributed by atoms with Crippen molar-refractivity contribution < 1.29 is 9.59 Å². The van der Waals surface area contributed by atoms with Crippen molar-refractivity contribution in [1.82, 2.24) is 16.0 Å². The molecule has 6 heteroatoms. The topological polar surface area (TPSA) is 70.2 Å². The van der Waals surface area contributed by atoms with Gasteiger partial charge in [0.15, 0.2) is 0 Å². The average molecular weight is 324 g/mol. The number of benzene rings is 1. The summed E-state index contributed by atoms with van der Waals surface area (Å²) >= 11 is 6.20. The summed E-state index contributed by atoms with van der Waals surface area (Å²) in [6, 6.07) is 7.53. The van der Waals surface area contributed by atoms with Crippen LogP contribution in [0.2, 0.25) is 5.02 Å². The lowest BCUT2D eigenvalue weighted by Crippen LogP contribution is -2.45. The fourth-order valence-corrected chi connectivity index (χ4v) is 2.53. The van der Waals surface area contributed by atoms with Crippen molar-refractivity contribution in [2.75, 3.05) is 13.1 Å². The third-order valence-electron chi connectivity index (χ3n) is 3.65. The first-order chi connectivity index (χ1) is 10.4. The van der Waals surface area contributed by atoms with Gasteiger partial charge in [-0.05, 0) is 24.5 Å². The SMILES string of the molecule is CC(C)(CNC(=O)NCC(=O)NC1CC1)c1ccccc1Cl. The van der Waals surface area contributed by atoms with Crippen molar-refractivity contribution in [3.63, 3.8) is 0 Å². The van der Waals surface area contributed by atoms with Gasteiger partial charge in [0, 0.05) is 23.0 Å². The standard InChI is InChI=1S/C16H22ClN3O2/c1-16(2,12-5-3-4-6-13(12)17)10-19-15(22)18-9-14(21)20-11-7-8-11/h3-6,11H,7-10H2,1-2H3,(H,20,21)(H2,18,19,22). The molecule has 1 aromatic carbocycles. The smallest absolute Gasteiger partial charge is 0.315 e. The van der Waals surface area contributed by atoms with E-state index in [0.29, 0.717) is 17.6 Å². The Kier molecular flexibility index (Phi) is 5.29. The van der Waals surface area contributed by atoms with E-state index < -0.39 is 0 Å². The van der Waals surface area contributed by atoms with Gasteiger partial charge in [-0.25, -0.2) is 4.79 Å². The average Bonchev–Trinajstić information content (AvgIpc) is 3.27. The molecule has 1 saturated carbocycles. The van der Waals surface area contributed by atoms with Gasteiger partial charge in [0.25, 0.3) is 0 Å². The van der Waals surface area contributed by atoms with Crippen molar-refractivity contribution in [3.8, 4) is 0 Å². The number of carbonyl (C=O) groups excluding carboxylic acids is 2. The summed E-state index contributed by atoms with van der Waals surface area (Å²) < 4.78 is 0. The molecule has 120 valence electrons. The Morgan fingerprint density at radius 1 is 1.23 bits per heavy atom. The molecule has 22 heavy (non-hydrogen) atoms. The van der Waals surface area contributed by atoms with Gasteiger partial charge in [0.05, 0.1) is 6.54 Å². The first-order valence-corrected chi connectivity index (χ1v) is 7.82. The lowest BCUT2D eigenvalue weighted by Gasteiger charge is -2.26. The lowest BCUT2D eigenvalue weighted by atomic mass is 9.84. The number of carbonyl (C=O) groups is 2. The molecule has 0 bridgehead atoms. The first-order valence-electron chi connectivity index (χ1n) is 7.44. The van der Waals surface area contributed by atoms with Crippen LogP contribution >= 0.6 is 11.6 Å². The van der Waals surface area contributed by atoms with E-state index in [0.717, 1.165) is 18.4 Å². The molecule has 1 aromatic rings. The Morgan fingerprint density at radius 2 is 1.91 bits per heavy atom. The second kappa shape index (κ2) is 7.01. The molecule has 0 radical (unpaired) electrons. The second-order valence-electron chi connectivity index (χ2n) is 6.24. The molecular formula is C16H22ClN3O2. The largest absolute Gasteiger partial charge is 0.352 e. The van der Waals surface area contributed by atoms with Crippen LogP contribution in [0.25, 0.3) is 0 Å². The number of nitrogens with one attached hydrogen (secondary N) is 3. The van der Waals surface area contributed by atoms with Gasteiger partial charge in [-0.1, -0.05) is 43.6 Å². The third kappa shape index (κ3) is 4.91. The van der Waals surface area contributed by atoms with Crippen molar-refractivity contribution in [2.45, 2.75) is 38.1 Å². The summed E-state index contributed by atoms with van der Waals surface area (Å²) in [5.41, 5.74) is 0.676. The minimum absolute atomic E-state index is 0.00510. The van der Waals surface area contributed by atoms with Crippen LogP contribution in [0.5, 0.6) is 0 Å². The molecule has 5 nitrogen and oxygen atoms in total. The van der Waals surface area contributed by atoms with Crippen molar-refractivity contribution >= 4 is 23.5 Å². The van der Waals surface area contributed by atoms with E-state index in [-0.39, 0.29) is 23.9 Å². The summed E-state index contributed by atoms with van der Waals surface area (Å²) in [5.74, 6) is -0.150. The lowest BCUT2D eigenvalue weighted by molar-refractivity contribution is -0.120. The summed E-state index contributed by atoms with van der Waals surface area (Å²) in [4.78, 5) is 23.3. The van der Waals surface area contributed by atoms with Gasteiger partial charge in [0.2, 0.25) is 5.91 Å². The predicted molar refractivity (Wildman–Crippen MR) is 87.0 cm³/mol. The van der Waals surface area contributed by atoms with Crippen LogP contribution in [0.15, 0.2) is 24.3 Å². The van der Waals surface area contributed by atoms with E-state index in [4.69, 9.17) is 11.6 Å². The van der Waals surface area contributed by atoms with E-state index in [1.54, 1.807) is 0 Å². The number of urea groups is 1. The molecule has 0 unspecified atom stereocenters. The Hall–Kier alpha value is -1.75. The number of rotatable bonds is 6. The summed E-state index contributed by atoms with van der Waals surface area (Å²) in [6.45, 7) is 4.43. The van der Waals surface area contributed by atoms with Crippen molar-refractivity contribution in [3.05, 3.63) is 34.9 Å². The zero-order valence-electron chi connectivity index (χ0n) is 12.9. The molecule has 3 amide bonds. The normalized spacial score (nSPS) is 14.3. The highest BCUT2D eigenvalue weighted by Crippen LogP contribution is 2.28. The molecule has 0 saturated heterocycles. The van der Waals surface area contributed by atoms with Crippen LogP contribution < -0.4 is 16.0 Å². The summed E-state index contributed by atoms with van der Waals surface area (Å²) in [5, 5.41) is 8.84. The minimum Gasteiger partial charge on any atom is -0.352 e. The third-order valence-corrected chi connectivity index (χ3v) is 3.98. The minimum atomic E-state index is -0.355. The van der Waals surface area contributed by atoms with Crippen molar-refractivity contribution in [1.29, 1.82) is 0 Å². The highest BCUT2D eigenvalue weighted by atomic mass is 35.5. The monoisotopic (exact) mass is 323 g/mol. The van der Waals surface area contributed by atoms with Crippen LogP contribution in [0, 0.1) is 0 Å². The molecule has 0 spiro atoms. The number of amides is 3. The molecule has 1 aliphatic rings. The molecule has 3 N–H and O–H groups in total. The van der Waals surface area contributed by atoms with Crippen LogP contribution in [-0.4, -0.2) is 31.1 Å². The first kappa shape index (κ1) is 16.6. The number of hydrogen-bond donors (Lipinski definition) is 3. The molecule has 0 heterocycles. The molecule has 0 atom stereocenters. The van der Waals surface area contributed by atoms with Crippen LogP contribution in [0.3, 0.4) is 0 Å². The van der Waals surface area contributed by atoms with E-state index in [9.17, 15) is 9.59 Å². The fraction of sp³-hybridized carbons (Fsp3) is 0.500. The predicted octanol–water partition coefficient (Wildman–Crippen LogP) is 2.20. The second-order valence-corrected chi connectivity index (χ2v) is 6.65. The Bertz CT molecular complexity index is 556. The highest BCUT2D eigenvalue weighted by molar-refractivity contribution is 6.31. The van der Waals surface area contributed by atoms with Gasteiger partial charge in [0.1, 0.15) is 0 Å². The maximum absolute atomic E-state index is 11.8. The van der Waals surface area contributed by atoms with E-state index >= 15 is 0 Å². The van der Waals surface area contributed by atoms with Gasteiger partial charge in [-0.3, -0.25) is 4.79 Å². The number of halogens is 1. The Labute approximate surface area is 135 Å². The van der Waals surface area contributed by atoms with Crippen LogP contribution in [0.4, 0.5) is 4.79 Å². The van der Waals surface area contributed by atoms with E-state index in [2.05, 4.69) is 16.0 Å². The van der Waals surface area contributed by atoms with E-state index in [1.807, 2.05) is 38.1 Å². The molecule has 1 aliphatic carbocycles. The fourth-order valence-electron chi connectivity index (χ4n) is 2.14. The van der Waals surface area contributed by atoms with Gasteiger partial charge >= 0.3 is 6.03 Å². The quantitative estimate of drug-likeness (QED) is 0.751. The highest BCUT2D eigenvalue weighted by Gasteiger charge is 2.25. The molecule has 0 aromatic heterocycles. The molecule has 0 aliphatic heterocycles. The zero-order valence-corrected chi connectivity index (χ0v) is 13.7. The van der Waals surface area contributed by atoms with Gasteiger partial charge < -0.3 is 16.0 Å². The molecular weight excluding hydrogens is 302 g/mol. The zero-order chi connectivity index (χ0) is 16.2. The molecule has 2 rings (SSSR count). The Balaban J connectivity index is 1.77. The van der Waals surface area contributed by atoms with Crippen LogP contribution in [0.1, 0.15) is 32.3 Å². The maximum Gasteiger partial charge on any atom is 0.315 e. The molecule has 1 fully saturated rings. The van der Waals surface area contributed by atoms with Gasteiger partial charge in [-0.15, -0.1) is 0 Å². The Morgan fingerprint density at radius 3 is 2.55 bits per heavy atom. The van der Waals surface area contributed by atoms with Crippen LogP contribution in [-0.2, 0) is 10.2 Å². The maximum atomic E-state index is 11.8.